The highest BCUT2D eigenvalue weighted by Gasteiger charge is 2.03. The Morgan fingerprint density at radius 2 is 1.76 bits per heavy atom. The van der Waals surface area contributed by atoms with Gasteiger partial charge in [0.25, 0.3) is 0 Å². The van der Waals surface area contributed by atoms with Crippen molar-refractivity contribution in [2.45, 2.75) is 13.5 Å². The van der Waals surface area contributed by atoms with Gasteiger partial charge in [0.15, 0.2) is 0 Å². The van der Waals surface area contributed by atoms with Crippen molar-refractivity contribution in [3.05, 3.63) is 35.9 Å². The molecule has 0 unspecified atom stereocenters. The lowest BCUT2D eigenvalue weighted by atomic mass is 10.2. The minimum atomic E-state index is -0.347. The third-order valence-corrected chi connectivity index (χ3v) is 2.08. The summed E-state index contributed by atoms with van der Waals surface area (Å²) in [4.78, 5) is 22.4. The summed E-state index contributed by atoms with van der Waals surface area (Å²) in [6.07, 6.45) is 0. The highest BCUT2D eigenvalue weighted by molar-refractivity contribution is 5.83. The standard InChI is InChI=1S/C12H17N3O2/c1-2-13-11(16)9-15-12(17)14-8-10-6-4-3-5-7-10/h3-7H,2,8-9H2,1H3,(H,13,16)(H2,14,15,17). The maximum atomic E-state index is 11.3. The molecule has 17 heavy (non-hydrogen) atoms. The van der Waals surface area contributed by atoms with E-state index in [0.717, 1.165) is 5.56 Å². The third-order valence-electron chi connectivity index (χ3n) is 2.08. The van der Waals surface area contributed by atoms with Gasteiger partial charge in [-0.15, -0.1) is 0 Å². The molecule has 0 saturated heterocycles. The Hall–Kier alpha value is -2.04. The number of hydrogen-bond acceptors (Lipinski definition) is 2. The molecule has 0 aliphatic rings. The second-order valence-electron chi connectivity index (χ2n) is 3.48. The van der Waals surface area contributed by atoms with Gasteiger partial charge < -0.3 is 16.0 Å². The summed E-state index contributed by atoms with van der Waals surface area (Å²) >= 11 is 0. The van der Waals surface area contributed by atoms with Crippen LogP contribution in [0, 0.1) is 0 Å². The van der Waals surface area contributed by atoms with E-state index in [1.54, 1.807) is 0 Å². The highest BCUT2D eigenvalue weighted by atomic mass is 16.2. The first-order chi connectivity index (χ1) is 8.22. The first-order valence-corrected chi connectivity index (χ1v) is 5.54. The second-order valence-corrected chi connectivity index (χ2v) is 3.48. The highest BCUT2D eigenvalue weighted by Crippen LogP contribution is 1.96. The molecule has 3 amide bonds. The van der Waals surface area contributed by atoms with E-state index in [1.165, 1.54) is 0 Å². The number of likely N-dealkylation sites (N-methyl/N-ethyl adjacent to an activating group) is 1. The molecule has 0 aromatic heterocycles. The summed E-state index contributed by atoms with van der Waals surface area (Å²) in [6, 6.07) is 9.22. The molecule has 92 valence electrons. The van der Waals surface area contributed by atoms with Crippen LogP contribution in [0.4, 0.5) is 4.79 Å². The molecule has 0 heterocycles. The molecule has 1 aromatic rings. The molecule has 0 spiro atoms. The molecule has 0 bridgehead atoms. The van der Waals surface area contributed by atoms with Gasteiger partial charge in [-0.3, -0.25) is 4.79 Å². The van der Waals surface area contributed by atoms with Gasteiger partial charge in [-0.1, -0.05) is 30.3 Å². The van der Waals surface area contributed by atoms with Crippen LogP contribution in [0.15, 0.2) is 30.3 Å². The number of rotatable bonds is 5. The molecule has 3 N–H and O–H groups in total. The minimum Gasteiger partial charge on any atom is -0.355 e. The SMILES string of the molecule is CCNC(=O)CNC(=O)NCc1ccccc1. The Bertz CT molecular complexity index is 365. The molecular formula is C12H17N3O2. The number of carbonyl (C=O) groups is 2. The predicted octanol–water partition coefficient (Wildman–Crippen LogP) is 0.622. The molecule has 1 rings (SSSR count). The summed E-state index contributed by atoms with van der Waals surface area (Å²) in [6.45, 7) is 2.83. The van der Waals surface area contributed by atoms with E-state index in [1.807, 2.05) is 37.3 Å². The molecule has 0 radical (unpaired) electrons. The number of carbonyl (C=O) groups excluding carboxylic acids is 2. The molecule has 5 nitrogen and oxygen atoms in total. The summed E-state index contributed by atoms with van der Waals surface area (Å²) in [7, 11) is 0. The third kappa shape index (κ3) is 5.55. The van der Waals surface area contributed by atoms with Crippen LogP contribution in [0.3, 0.4) is 0 Å². The Kier molecular flexibility index (Phi) is 5.57. The van der Waals surface area contributed by atoms with Gasteiger partial charge in [0.1, 0.15) is 0 Å². The molecular weight excluding hydrogens is 218 g/mol. The van der Waals surface area contributed by atoms with Crippen molar-refractivity contribution in [3.63, 3.8) is 0 Å². The smallest absolute Gasteiger partial charge is 0.315 e. The molecule has 0 aliphatic carbocycles. The lowest BCUT2D eigenvalue weighted by Gasteiger charge is -2.07. The first-order valence-electron chi connectivity index (χ1n) is 5.54. The summed E-state index contributed by atoms with van der Waals surface area (Å²) in [5.41, 5.74) is 1.01. The van der Waals surface area contributed by atoms with Crippen LogP contribution in [0.5, 0.6) is 0 Å². The fourth-order valence-electron chi connectivity index (χ4n) is 1.26. The average Bonchev–Trinajstić information content (AvgIpc) is 2.35. The van der Waals surface area contributed by atoms with E-state index < -0.39 is 0 Å². The monoisotopic (exact) mass is 235 g/mol. The predicted molar refractivity (Wildman–Crippen MR) is 65.4 cm³/mol. The van der Waals surface area contributed by atoms with Gasteiger partial charge in [-0.2, -0.15) is 0 Å². The van der Waals surface area contributed by atoms with Gasteiger partial charge in [0.2, 0.25) is 5.91 Å². The van der Waals surface area contributed by atoms with Crippen LogP contribution in [-0.2, 0) is 11.3 Å². The lowest BCUT2D eigenvalue weighted by molar-refractivity contribution is -0.119. The first kappa shape index (κ1) is 13.0. The molecule has 0 fully saturated rings. The van der Waals surface area contributed by atoms with Crippen molar-refractivity contribution in [2.24, 2.45) is 0 Å². The van der Waals surface area contributed by atoms with Crippen LogP contribution in [0.2, 0.25) is 0 Å². The van der Waals surface area contributed by atoms with Gasteiger partial charge in [-0.05, 0) is 12.5 Å². The van der Waals surface area contributed by atoms with Gasteiger partial charge in [0.05, 0.1) is 6.54 Å². The van der Waals surface area contributed by atoms with Crippen LogP contribution in [0.1, 0.15) is 12.5 Å². The fourth-order valence-corrected chi connectivity index (χ4v) is 1.26. The van der Waals surface area contributed by atoms with Crippen molar-refractivity contribution in [1.82, 2.24) is 16.0 Å². The number of nitrogens with one attached hydrogen (secondary N) is 3. The van der Waals surface area contributed by atoms with E-state index in [4.69, 9.17) is 0 Å². The quantitative estimate of drug-likeness (QED) is 0.700. The van der Waals surface area contributed by atoms with E-state index >= 15 is 0 Å². The topological polar surface area (TPSA) is 70.2 Å². The fraction of sp³-hybridized carbons (Fsp3) is 0.333. The summed E-state index contributed by atoms with van der Waals surface area (Å²) in [5.74, 6) is -0.192. The molecule has 0 saturated carbocycles. The Labute approximate surface area is 101 Å². The van der Waals surface area contributed by atoms with Crippen molar-refractivity contribution in [3.8, 4) is 0 Å². The van der Waals surface area contributed by atoms with E-state index in [9.17, 15) is 9.59 Å². The second kappa shape index (κ2) is 7.27. The van der Waals surface area contributed by atoms with Crippen LogP contribution in [-0.4, -0.2) is 25.0 Å². The van der Waals surface area contributed by atoms with Crippen molar-refractivity contribution >= 4 is 11.9 Å². The van der Waals surface area contributed by atoms with Gasteiger partial charge >= 0.3 is 6.03 Å². The number of benzene rings is 1. The van der Waals surface area contributed by atoms with Crippen molar-refractivity contribution in [2.75, 3.05) is 13.1 Å². The molecule has 0 atom stereocenters. The minimum absolute atomic E-state index is 0.00549. The van der Waals surface area contributed by atoms with Gasteiger partial charge in [0, 0.05) is 13.1 Å². The largest absolute Gasteiger partial charge is 0.355 e. The molecule has 0 aliphatic heterocycles. The molecule has 5 heteroatoms. The summed E-state index contributed by atoms with van der Waals surface area (Å²) < 4.78 is 0. The zero-order chi connectivity index (χ0) is 12.5. The zero-order valence-corrected chi connectivity index (χ0v) is 9.82. The van der Waals surface area contributed by atoms with Crippen molar-refractivity contribution < 1.29 is 9.59 Å². The van der Waals surface area contributed by atoms with Crippen LogP contribution >= 0.6 is 0 Å². The maximum absolute atomic E-state index is 11.3. The van der Waals surface area contributed by atoms with Gasteiger partial charge in [-0.25, -0.2) is 4.79 Å². The zero-order valence-electron chi connectivity index (χ0n) is 9.82. The lowest BCUT2D eigenvalue weighted by Crippen LogP contribution is -2.41. The maximum Gasteiger partial charge on any atom is 0.315 e. The van der Waals surface area contributed by atoms with Crippen LogP contribution in [0.25, 0.3) is 0 Å². The Morgan fingerprint density at radius 1 is 1.06 bits per heavy atom. The van der Waals surface area contributed by atoms with Crippen LogP contribution < -0.4 is 16.0 Å². The average molecular weight is 235 g/mol. The van der Waals surface area contributed by atoms with E-state index in [0.29, 0.717) is 13.1 Å². The number of hydrogen-bond donors (Lipinski definition) is 3. The Balaban J connectivity index is 2.20. The van der Waals surface area contributed by atoms with Crippen molar-refractivity contribution in [1.29, 1.82) is 0 Å². The van der Waals surface area contributed by atoms with E-state index in [2.05, 4.69) is 16.0 Å². The summed E-state index contributed by atoms with van der Waals surface area (Å²) in [5, 5.41) is 7.74. The number of amides is 3. The normalized spacial score (nSPS) is 9.47. The Morgan fingerprint density at radius 3 is 2.41 bits per heavy atom. The molecule has 1 aromatic carbocycles. The van der Waals surface area contributed by atoms with E-state index in [-0.39, 0.29) is 18.5 Å². The number of urea groups is 1.